The number of ether oxygens (including phenoxy) is 2. The Morgan fingerprint density at radius 2 is 1.38 bits per heavy atom. The monoisotopic (exact) mass is 690 g/mol. The predicted molar refractivity (Wildman–Crippen MR) is 162 cm³/mol. The Morgan fingerprint density at radius 3 is 1.96 bits per heavy atom. The molecule has 47 heavy (non-hydrogen) atoms. The molecule has 0 saturated heterocycles. The van der Waals surface area contributed by atoms with E-state index in [0.717, 1.165) is 50.6 Å². The minimum atomic E-state index is -5.09. The van der Waals surface area contributed by atoms with Crippen LogP contribution in [0.15, 0.2) is 78.8 Å². The van der Waals surface area contributed by atoms with Gasteiger partial charge in [-0.25, -0.2) is 0 Å². The zero-order valence-corrected chi connectivity index (χ0v) is 25.8. The quantitative estimate of drug-likeness (QED) is 0.0598. The summed E-state index contributed by atoms with van der Waals surface area (Å²) < 4.78 is 78.0. The molecule has 4 rings (SSSR count). The van der Waals surface area contributed by atoms with Crippen molar-refractivity contribution in [3.05, 3.63) is 58.6 Å². The van der Waals surface area contributed by atoms with Gasteiger partial charge in [-0.15, -0.1) is 20.5 Å². The highest BCUT2D eigenvalue weighted by Crippen LogP contribution is 2.48. The molecular formula is C26H22N6O13S2. The molecule has 4 aromatic rings. The number of anilines is 1. The summed E-state index contributed by atoms with van der Waals surface area (Å²) in [5.74, 6) is -2.81. The van der Waals surface area contributed by atoms with E-state index >= 15 is 0 Å². The molecule has 0 heterocycles. The summed E-state index contributed by atoms with van der Waals surface area (Å²) >= 11 is 0. The van der Waals surface area contributed by atoms with Gasteiger partial charge in [-0.2, -0.15) is 16.8 Å². The van der Waals surface area contributed by atoms with Gasteiger partial charge in [0.25, 0.3) is 20.2 Å². The lowest BCUT2D eigenvalue weighted by Gasteiger charge is -2.11. The molecule has 0 saturated carbocycles. The Bertz CT molecular complexity index is 2240. The van der Waals surface area contributed by atoms with E-state index in [1.807, 2.05) is 0 Å². The van der Waals surface area contributed by atoms with Crippen LogP contribution in [-0.2, 0) is 25.0 Å². The summed E-state index contributed by atoms with van der Waals surface area (Å²) in [5, 5.41) is 50.3. The molecule has 19 nitrogen and oxygen atoms in total. The SMILES string of the molecule is COc1cc([N+](=O)[O-])c(OC)cc1N=Nc1c(S(=O)(=O)O)cc2ccc(N=Nc3ccc(NC(C)=O)cc3S(=O)(=O)O)c(O)c2c1O. The van der Waals surface area contributed by atoms with Crippen molar-refractivity contribution >= 4 is 71.0 Å². The highest BCUT2D eigenvalue weighted by Gasteiger charge is 2.26. The number of nitrogens with zero attached hydrogens (tertiary/aromatic N) is 5. The summed E-state index contributed by atoms with van der Waals surface area (Å²) in [7, 11) is -7.66. The Kier molecular flexibility index (Phi) is 9.38. The van der Waals surface area contributed by atoms with Crippen LogP contribution in [0, 0.1) is 10.1 Å². The number of rotatable bonds is 10. The first kappa shape index (κ1) is 34.1. The highest BCUT2D eigenvalue weighted by atomic mass is 32.2. The first-order chi connectivity index (χ1) is 22.0. The van der Waals surface area contributed by atoms with Crippen LogP contribution in [-0.4, -0.2) is 61.2 Å². The summed E-state index contributed by atoms with van der Waals surface area (Å²) in [6.45, 7) is 1.17. The van der Waals surface area contributed by atoms with Gasteiger partial charge in [-0.3, -0.25) is 24.0 Å². The zero-order valence-electron chi connectivity index (χ0n) is 24.1. The molecule has 1 amide bonds. The van der Waals surface area contributed by atoms with Crippen LogP contribution >= 0.6 is 0 Å². The lowest BCUT2D eigenvalue weighted by atomic mass is 10.1. The molecule has 0 aliphatic rings. The number of phenols is 2. The van der Waals surface area contributed by atoms with Crippen LogP contribution in [0.25, 0.3) is 10.8 Å². The van der Waals surface area contributed by atoms with Crippen molar-refractivity contribution in [2.75, 3.05) is 19.5 Å². The van der Waals surface area contributed by atoms with Crippen LogP contribution in [0.2, 0.25) is 0 Å². The first-order valence-corrected chi connectivity index (χ1v) is 15.5. The van der Waals surface area contributed by atoms with E-state index in [2.05, 4.69) is 25.8 Å². The molecule has 0 unspecified atom stereocenters. The Hall–Kier alpha value is -5.77. The fourth-order valence-electron chi connectivity index (χ4n) is 4.17. The van der Waals surface area contributed by atoms with Crippen molar-refractivity contribution < 1.29 is 55.3 Å². The third-order valence-electron chi connectivity index (χ3n) is 6.21. The van der Waals surface area contributed by atoms with Gasteiger partial charge >= 0.3 is 5.69 Å². The number of hydrogen-bond acceptors (Lipinski definition) is 15. The Morgan fingerprint density at radius 1 is 0.787 bits per heavy atom. The van der Waals surface area contributed by atoms with Crippen molar-refractivity contribution in [3.8, 4) is 23.0 Å². The number of methoxy groups -OCH3 is 2. The van der Waals surface area contributed by atoms with Crippen LogP contribution in [0.4, 0.5) is 34.1 Å². The molecule has 246 valence electrons. The number of benzene rings is 4. The number of azo groups is 2. The number of aromatic hydroxyl groups is 2. The summed E-state index contributed by atoms with van der Waals surface area (Å²) in [5.41, 5.74) is -2.36. The third-order valence-corrected chi connectivity index (χ3v) is 7.96. The molecule has 4 aromatic carbocycles. The summed E-state index contributed by atoms with van der Waals surface area (Å²) in [4.78, 5) is 20.3. The molecule has 0 radical (unpaired) electrons. The predicted octanol–water partition coefficient (Wildman–Crippen LogP) is 5.46. The van der Waals surface area contributed by atoms with Crippen LogP contribution < -0.4 is 14.8 Å². The zero-order chi connectivity index (χ0) is 34.8. The number of nitro groups is 1. The number of phenolic OH excluding ortho intramolecular Hbond substituents is 2. The van der Waals surface area contributed by atoms with E-state index in [1.165, 1.54) is 19.1 Å². The number of amides is 1. The third kappa shape index (κ3) is 7.22. The second-order valence-electron chi connectivity index (χ2n) is 9.27. The van der Waals surface area contributed by atoms with Gasteiger partial charge in [0.05, 0.1) is 30.6 Å². The van der Waals surface area contributed by atoms with E-state index in [4.69, 9.17) is 9.47 Å². The molecule has 0 bridgehead atoms. The van der Waals surface area contributed by atoms with Crippen molar-refractivity contribution in [1.29, 1.82) is 0 Å². The number of hydrogen-bond donors (Lipinski definition) is 5. The number of carbonyl (C=O) groups is 1. The molecular weight excluding hydrogens is 668 g/mol. The van der Waals surface area contributed by atoms with E-state index in [9.17, 15) is 51.1 Å². The van der Waals surface area contributed by atoms with Gasteiger partial charge in [0.2, 0.25) is 5.91 Å². The largest absolute Gasteiger partial charge is 0.505 e. The highest BCUT2D eigenvalue weighted by molar-refractivity contribution is 7.86. The fourth-order valence-corrected chi connectivity index (χ4v) is 5.47. The van der Waals surface area contributed by atoms with Gasteiger partial charge in [0, 0.05) is 18.7 Å². The summed E-state index contributed by atoms with van der Waals surface area (Å²) in [6, 6.07) is 8.43. The number of nitrogens with one attached hydrogen (secondary N) is 1. The van der Waals surface area contributed by atoms with Crippen LogP contribution in [0.3, 0.4) is 0 Å². The van der Waals surface area contributed by atoms with Crippen LogP contribution in [0.5, 0.6) is 23.0 Å². The average Bonchev–Trinajstić information content (AvgIpc) is 2.98. The molecule has 0 fully saturated rings. The lowest BCUT2D eigenvalue weighted by molar-refractivity contribution is -0.385. The molecule has 21 heteroatoms. The molecule has 0 atom stereocenters. The summed E-state index contributed by atoms with van der Waals surface area (Å²) in [6.07, 6.45) is 0. The van der Waals surface area contributed by atoms with Gasteiger partial charge in [-0.05, 0) is 35.7 Å². The van der Waals surface area contributed by atoms with Crippen molar-refractivity contribution in [2.45, 2.75) is 16.7 Å². The first-order valence-electron chi connectivity index (χ1n) is 12.6. The Labute approximate surface area is 264 Å². The van der Waals surface area contributed by atoms with Gasteiger partial charge in [0.1, 0.15) is 32.5 Å². The van der Waals surface area contributed by atoms with Crippen molar-refractivity contribution in [2.24, 2.45) is 20.5 Å². The molecule has 0 aliphatic heterocycles. The normalized spacial score (nSPS) is 12.1. The van der Waals surface area contributed by atoms with Crippen molar-refractivity contribution in [3.63, 3.8) is 0 Å². The van der Waals surface area contributed by atoms with E-state index < -0.39 is 74.8 Å². The molecule has 0 spiro atoms. The second kappa shape index (κ2) is 12.9. The maximum absolute atomic E-state index is 12.2. The molecule has 0 aliphatic carbocycles. The maximum atomic E-state index is 12.2. The van der Waals surface area contributed by atoms with Gasteiger partial charge in [-0.1, -0.05) is 6.07 Å². The second-order valence-corrected chi connectivity index (χ2v) is 12.1. The number of fused-ring (bicyclic) bond motifs is 1. The fraction of sp³-hybridized carbons (Fsp3) is 0.115. The average molecular weight is 691 g/mol. The molecule has 0 aromatic heterocycles. The van der Waals surface area contributed by atoms with E-state index in [1.54, 1.807) is 0 Å². The van der Waals surface area contributed by atoms with Gasteiger partial charge in [0.15, 0.2) is 23.0 Å². The van der Waals surface area contributed by atoms with Gasteiger partial charge < -0.3 is 25.0 Å². The number of carbonyl (C=O) groups excluding carboxylic acids is 1. The van der Waals surface area contributed by atoms with E-state index in [-0.39, 0.29) is 33.9 Å². The Balaban J connectivity index is 1.89. The minimum Gasteiger partial charge on any atom is -0.505 e. The topological polar surface area (TPSA) is 289 Å². The maximum Gasteiger partial charge on any atom is 0.314 e. The van der Waals surface area contributed by atoms with E-state index in [0.29, 0.717) is 0 Å². The standard InChI is InChI=1S/C26H22N6O13S2/c1-12(33)27-14-5-7-15(21(9-14)46(38,39)40)28-29-16-6-4-13-8-22(47(41,42)43)24(26(35)23(13)25(16)34)31-30-17-10-20(45-3)18(32(36)37)11-19(17)44-2/h4-11,34-35H,1-3H3,(H,27,33)(H,38,39,40)(H,41,42,43). The minimum absolute atomic E-state index is 0.0173. The van der Waals surface area contributed by atoms with Crippen LogP contribution in [0.1, 0.15) is 6.92 Å². The number of nitro benzene ring substituents is 1. The molecule has 5 N–H and O–H groups in total. The lowest BCUT2D eigenvalue weighted by Crippen LogP contribution is -2.07. The smallest absolute Gasteiger partial charge is 0.314 e. The van der Waals surface area contributed by atoms with Crippen molar-refractivity contribution in [1.82, 2.24) is 0 Å².